The van der Waals surface area contributed by atoms with Gasteiger partial charge in [0, 0.05) is 17.4 Å². The number of nitrogens with zero attached hydrogens (tertiary/aromatic N) is 3. The highest BCUT2D eigenvalue weighted by Crippen LogP contribution is 2.42. The highest BCUT2D eigenvalue weighted by Gasteiger charge is 2.35. The molecule has 2 aromatic rings. The van der Waals surface area contributed by atoms with E-state index in [-0.39, 0.29) is 5.69 Å². The van der Waals surface area contributed by atoms with E-state index in [2.05, 4.69) is 26.8 Å². The SMILES string of the molecule is CSC1(CNc2cc3n[nH]c(=O)n3cn2)CCC1. The lowest BCUT2D eigenvalue weighted by Crippen LogP contribution is -2.40. The first-order valence-electron chi connectivity index (χ1n) is 5.94. The Morgan fingerprint density at radius 1 is 1.61 bits per heavy atom. The van der Waals surface area contributed by atoms with Gasteiger partial charge in [-0.3, -0.25) is 0 Å². The van der Waals surface area contributed by atoms with Crippen LogP contribution in [0.15, 0.2) is 17.2 Å². The fraction of sp³-hybridized carbons (Fsp3) is 0.545. The molecular formula is C11H15N5OS. The Morgan fingerprint density at radius 2 is 2.44 bits per heavy atom. The number of aromatic amines is 1. The summed E-state index contributed by atoms with van der Waals surface area (Å²) in [4.78, 5) is 15.5. The molecule has 96 valence electrons. The lowest BCUT2D eigenvalue weighted by atomic mass is 9.84. The fourth-order valence-electron chi connectivity index (χ4n) is 2.18. The molecule has 1 saturated carbocycles. The number of aromatic nitrogens is 4. The van der Waals surface area contributed by atoms with Gasteiger partial charge in [-0.1, -0.05) is 6.42 Å². The number of hydrogen-bond donors (Lipinski definition) is 2. The summed E-state index contributed by atoms with van der Waals surface area (Å²) in [7, 11) is 0. The van der Waals surface area contributed by atoms with Crippen LogP contribution in [-0.2, 0) is 0 Å². The topological polar surface area (TPSA) is 75.1 Å². The summed E-state index contributed by atoms with van der Waals surface area (Å²) < 4.78 is 1.75. The zero-order chi connectivity index (χ0) is 12.6. The Kier molecular flexibility index (Phi) is 2.77. The number of H-pyrrole nitrogens is 1. The smallest absolute Gasteiger partial charge is 0.348 e. The van der Waals surface area contributed by atoms with Crippen molar-refractivity contribution in [2.45, 2.75) is 24.0 Å². The van der Waals surface area contributed by atoms with Gasteiger partial charge >= 0.3 is 5.69 Å². The second-order valence-electron chi connectivity index (χ2n) is 4.63. The first-order valence-corrected chi connectivity index (χ1v) is 7.17. The maximum atomic E-state index is 11.3. The van der Waals surface area contributed by atoms with Gasteiger partial charge in [-0.15, -0.1) is 0 Å². The Bertz CT molecular complexity index is 610. The molecule has 3 rings (SSSR count). The van der Waals surface area contributed by atoms with E-state index < -0.39 is 0 Å². The third kappa shape index (κ3) is 1.88. The highest BCUT2D eigenvalue weighted by atomic mass is 32.2. The summed E-state index contributed by atoms with van der Waals surface area (Å²) in [5.74, 6) is 0.766. The van der Waals surface area contributed by atoms with Gasteiger partial charge in [0.05, 0.1) is 0 Å². The van der Waals surface area contributed by atoms with E-state index in [9.17, 15) is 4.79 Å². The summed E-state index contributed by atoms with van der Waals surface area (Å²) >= 11 is 1.92. The maximum Gasteiger partial charge on any atom is 0.348 e. The summed E-state index contributed by atoms with van der Waals surface area (Å²) in [6.45, 7) is 0.909. The Hall–Kier alpha value is -1.50. The highest BCUT2D eigenvalue weighted by molar-refractivity contribution is 8.00. The van der Waals surface area contributed by atoms with Crippen molar-refractivity contribution < 1.29 is 0 Å². The van der Waals surface area contributed by atoms with Gasteiger partial charge in [0.25, 0.3) is 0 Å². The minimum absolute atomic E-state index is 0.261. The van der Waals surface area contributed by atoms with Crippen molar-refractivity contribution in [3.8, 4) is 0 Å². The van der Waals surface area contributed by atoms with E-state index in [1.54, 1.807) is 6.07 Å². The van der Waals surface area contributed by atoms with Gasteiger partial charge in [-0.25, -0.2) is 19.3 Å². The predicted octanol–water partition coefficient (Wildman–Crippen LogP) is 1.12. The molecule has 1 fully saturated rings. The molecule has 7 heteroatoms. The van der Waals surface area contributed by atoms with Crippen molar-refractivity contribution >= 4 is 23.2 Å². The van der Waals surface area contributed by atoms with Crippen LogP contribution in [0.2, 0.25) is 0 Å². The quantitative estimate of drug-likeness (QED) is 0.866. The molecular weight excluding hydrogens is 250 g/mol. The molecule has 0 bridgehead atoms. The average molecular weight is 265 g/mol. The zero-order valence-corrected chi connectivity index (χ0v) is 11.0. The van der Waals surface area contributed by atoms with Crippen molar-refractivity contribution in [1.82, 2.24) is 19.6 Å². The lowest BCUT2D eigenvalue weighted by Gasteiger charge is -2.40. The molecule has 2 heterocycles. The number of fused-ring (bicyclic) bond motifs is 1. The third-order valence-corrected chi connectivity index (χ3v) is 5.02. The molecule has 0 amide bonds. The van der Waals surface area contributed by atoms with Crippen molar-refractivity contribution in [2.75, 3.05) is 18.1 Å². The van der Waals surface area contributed by atoms with E-state index >= 15 is 0 Å². The molecule has 0 saturated heterocycles. The zero-order valence-electron chi connectivity index (χ0n) is 10.1. The second kappa shape index (κ2) is 4.31. The lowest BCUT2D eigenvalue weighted by molar-refractivity contribution is 0.379. The van der Waals surface area contributed by atoms with Crippen LogP contribution in [-0.4, -0.2) is 37.1 Å². The van der Waals surface area contributed by atoms with Crippen LogP contribution < -0.4 is 11.0 Å². The fourth-order valence-corrected chi connectivity index (χ4v) is 3.10. The minimum atomic E-state index is -0.261. The Balaban J connectivity index is 1.76. The van der Waals surface area contributed by atoms with Crippen LogP contribution in [0.3, 0.4) is 0 Å². The van der Waals surface area contributed by atoms with Crippen LogP contribution in [0.1, 0.15) is 19.3 Å². The van der Waals surface area contributed by atoms with Gasteiger partial charge in [-0.2, -0.15) is 16.9 Å². The van der Waals surface area contributed by atoms with E-state index in [4.69, 9.17) is 0 Å². The van der Waals surface area contributed by atoms with E-state index in [0.717, 1.165) is 12.4 Å². The minimum Gasteiger partial charge on any atom is -0.369 e. The molecule has 1 aliphatic rings. The standard InChI is InChI=1S/C11H15N5OS/c1-18-11(3-2-4-11)6-12-8-5-9-14-15-10(17)16(9)7-13-8/h5,7,12H,2-4,6H2,1H3,(H,15,17). The molecule has 0 unspecified atom stereocenters. The van der Waals surface area contributed by atoms with Crippen molar-refractivity contribution in [2.24, 2.45) is 0 Å². The number of thioether (sulfide) groups is 1. The summed E-state index contributed by atoms with van der Waals surface area (Å²) in [5.41, 5.74) is 0.327. The Morgan fingerprint density at radius 3 is 3.11 bits per heavy atom. The number of anilines is 1. The average Bonchev–Trinajstić information content (AvgIpc) is 2.70. The van der Waals surface area contributed by atoms with Crippen molar-refractivity contribution in [1.29, 1.82) is 0 Å². The Labute approximate surface area is 108 Å². The van der Waals surface area contributed by atoms with E-state index in [1.165, 1.54) is 30.0 Å². The molecule has 0 aromatic carbocycles. The molecule has 2 N–H and O–H groups in total. The summed E-state index contributed by atoms with van der Waals surface area (Å²) in [5, 5.41) is 9.65. The number of rotatable bonds is 4. The first-order chi connectivity index (χ1) is 8.72. The molecule has 0 radical (unpaired) electrons. The molecule has 1 aliphatic carbocycles. The third-order valence-electron chi connectivity index (χ3n) is 3.60. The molecule has 6 nitrogen and oxygen atoms in total. The summed E-state index contributed by atoms with van der Waals surface area (Å²) in [6.07, 6.45) is 7.47. The summed E-state index contributed by atoms with van der Waals surface area (Å²) in [6, 6.07) is 1.78. The largest absolute Gasteiger partial charge is 0.369 e. The van der Waals surface area contributed by atoms with Crippen molar-refractivity contribution in [3.05, 3.63) is 22.9 Å². The molecule has 0 atom stereocenters. The van der Waals surface area contributed by atoms with Gasteiger partial charge < -0.3 is 5.32 Å². The molecule has 2 aromatic heterocycles. The van der Waals surface area contributed by atoms with Crippen LogP contribution in [0.25, 0.3) is 5.65 Å². The second-order valence-corrected chi connectivity index (χ2v) is 5.90. The van der Waals surface area contributed by atoms with E-state index in [1.807, 2.05) is 11.8 Å². The van der Waals surface area contributed by atoms with Crippen LogP contribution in [0, 0.1) is 0 Å². The van der Waals surface area contributed by atoms with Gasteiger partial charge in [-0.05, 0) is 19.1 Å². The molecule has 0 spiro atoms. The normalized spacial score (nSPS) is 17.6. The van der Waals surface area contributed by atoms with Gasteiger partial charge in [0.2, 0.25) is 0 Å². The maximum absolute atomic E-state index is 11.3. The van der Waals surface area contributed by atoms with Crippen LogP contribution >= 0.6 is 11.8 Å². The molecule has 0 aliphatic heterocycles. The first kappa shape index (κ1) is 11.6. The number of hydrogen-bond acceptors (Lipinski definition) is 5. The molecule has 18 heavy (non-hydrogen) atoms. The van der Waals surface area contributed by atoms with Gasteiger partial charge in [0.15, 0.2) is 5.65 Å². The van der Waals surface area contributed by atoms with Crippen LogP contribution in [0.4, 0.5) is 5.82 Å². The predicted molar refractivity (Wildman–Crippen MR) is 72.2 cm³/mol. The van der Waals surface area contributed by atoms with Gasteiger partial charge in [0.1, 0.15) is 12.1 Å². The number of nitrogens with one attached hydrogen (secondary N) is 2. The monoisotopic (exact) mass is 265 g/mol. The van der Waals surface area contributed by atoms with Crippen molar-refractivity contribution in [3.63, 3.8) is 0 Å². The van der Waals surface area contributed by atoms with E-state index in [0.29, 0.717) is 10.4 Å². The van der Waals surface area contributed by atoms with Crippen LogP contribution in [0.5, 0.6) is 0 Å².